The van der Waals surface area contributed by atoms with Crippen LogP contribution in [0.15, 0.2) is 0 Å². The van der Waals surface area contributed by atoms with Gasteiger partial charge >= 0.3 is 12.0 Å². The van der Waals surface area contributed by atoms with Crippen LogP contribution in [0, 0.1) is 5.92 Å². The summed E-state index contributed by atoms with van der Waals surface area (Å²) >= 11 is 0. The molecule has 1 fully saturated rings. The summed E-state index contributed by atoms with van der Waals surface area (Å²) in [6.45, 7) is -0.116. The Labute approximate surface area is 112 Å². The number of carbonyl (C=O) groups excluding carboxylic acids is 1. The lowest BCUT2D eigenvalue weighted by Crippen LogP contribution is -2.50. The first-order valence-corrected chi connectivity index (χ1v) is 6.58. The third-order valence-corrected chi connectivity index (χ3v) is 3.46. The average Bonchev–Trinajstić information content (AvgIpc) is 2.39. The van der Waals surface area contributed by atoms with Gasteiger partial charge in [-0.25, -0.2) is 9.59 Å². The molecule has 0 aromatic rings. The molecule has 0 radical (unpaired) electrons. The highest BCUT2D eigenvalue weighted by atomic mass is 16.4. The van der Waals surface area contributed by atoms with Gasteiger partial charge in [-0.3, -0.25) is 0 Å². The maximum atomic E-state index is 11.6. The van der Waals surface area contributed by atoms with Crippen LogP contribution in [-0.4, -0.2) is 52.6 Å². The summed E-state index contributed by atoms with van der Waals surface area (Å²) in [7, 11) is 0. The first-order chi connectivity index (χ1) is 9.06. The van der Waals surface area contributed by atoms with E-state index in [0.29, 0.717) is 5.92 Å². The van der Waals surface area contributed by atoms with Gasteiger partial charge in [-0.2, -0.15) is 0 Å². The Kier molecular flexibility index (Phi) is 6.58. The van der Waals surface area contributed by atoms with Gasteiger partial charge in [0, 0.05) is 25.7 Å². The molecule has 7 nitrogen and oxygen atoms in total. The Morgan fingerprint density at radius 1 is 1.16 bits per heavy atom. The number of hydrogen-bond acceptors (Lipinski definition) is 4. The highest BCUT2D eigenvalue weighted by Crippen LogP contribution is 2.23. The number of aliphatic hydroxyl groups is 2. The predicted octanol–water partition coefficient (Wildman–Crippen LogP) is -0.328. The maximum absolute atomic E-state index is 11.6. The molecule has 1 aliphatic carbocycles. The average molecular weight is 274 g/mol. The summed E-state index contributed by atoms with van der Waals surface area (Å²) in [4.78, 5) is 22.5. The van der Waals surface area contributed by atoms with Gasteiger partial charge in [-0.15, -0.1) is 0 Å². The predicted molar refractivity (Wildman–Crippen MR) is 67.6 cm³/mol. The molecular weight excluding hydrogens is 252 g/mol. The zero-order chi connectivity index (χ0) is 14.3. The molecule has 0 heterocycles. The van der Waals surface area contributed by atoms with Crippen molar-refractivity contribution in [1.29, 1.82) is 0 Å². The van der Waals surface area contributed by atoms with Crippen molar-refractivity contribution in [3.8, 4) is 0 Å². The molecule has 0 aromatic carbocycles. The molecular formula is C12H22N2O5. The van der Waals surface area contributed by atoms with Gasteiger partial charge in [0.2, 0.25) is 0 Å². The molecule has 1 aliphatic rings. The van der Waals surface area contributed by atoms with Gasteiger partial charge in [0.1, 0.15) is 6.04 Å². The van der Waals surface area contributed by atoms with E-state index in [-0.39, 0.29) is 25.7 Å². The van der Waals surface area contributed by atoms with Crippen LogP contribution in [0.2, 0.25) is 0 Å². The van der Waals surface area contributed by atoms with E-state index in [1.165, 1.54) is 0 Å². The topological polar surface area (TPSA) is 119 Å². The van der Waals surface area contributed by atoms with Crippen LogP contribution in [0.1, 0.15) is 32.1 Å². The second kappa shape index (κ2) is 7.96. The maximum Gasteiger partial charge on any atom is 0.326 e. The van der Waals surface area contributed by atoms with Crippen molar-refractivity contribution in [1.82, 2.24) is 10.6 Å². The van der Waals surface area contributed by atoms with E-state index >= 15 is 0 Å². The van der Waals surface area contributed by atoms with Gasteiger partial charge < -0.3 is 26.0 Å². The van der Waals surface area contributed by atoms with Gasteiger partial charge in [-0.1, -0.05) is 0 Å². The summed E-state index contributed by atoms with van der Waals surface area (Å²) in [6.07, 6.45) is 3.29. The molecule has 19 heavy (non-hydrogen) atoms. The lowest BCUT2D eigenvalue weighted by Gasteiger charge is -2.28. The molecule has 0 aliphatic heterocycles. The van der Waals surface area contributed by atoms with Crippen molar-refractivity contribution in [2.75, 3.05) is 13.2 Å². The fourth-order valence-corrected chi connectivity index (χ4v) is 2.26. The zero-order valence-corrected chi connectivity index (χ0v) is 10.8. The van der Waals surface area contributed by atoms with Crippen molar-refractivity contribution in [3.63, 3.8) is 0 Å². The Morgan fingerprint density at radius 2 is 1.79 bits per heavy atom. The van der Waals surface area contributed by atoms with E-state index in [0.717, 1.165) is 25.7 Å². The van der Waals surface area contributed by atoms with Crippen molar-refractivity contribution in [2.45, 2.75) is 44.2 Å². The Hall–Kier alpha value is -1.34. The summed E-state index contributed by atoms with van der Waals surface area (Å²) in [5, 5.41) is 31.6. The Morgan fingerprint density at radius 3 is 2.26 bits per heavy atom. The molecule has 5 N–H and O–H groups in total. The smallest absolute Gasteiger partial charge is 0.326 e. The van der Waals surface area contributed by atoms with Crippen LogP contribution in [0.5, 0.6) is 0 Å². The van der Waals surface area contributed by atoms with Crippen molar-refractivity contribution in [2.24, 2.45) is 5.92 Å². The van der Waals surface area contributed by atoms with Crippen LogP contribution >= 0.6 is 0 Å². The molecule has 1 saturated carbocycles. The first kappa shape index (κ1) is 15.7. The Balaban J connectivity index is 2.32. The summed E-state index contributed by atoms with van der Waals surface area (Å²) in [5.41, 5.74) is 0. The molecule has 2 amide bonds. The van der Waals surface area contributed by atoms with Crippen LogP contribution in [-0.2, 0) is 4.79 Å². The Bertz CT molecular complexity index is 302. The lowest BCUT2D eigenvalue weighted by molar-refractivity contribution is -0.139. The van der Waals surface area contributed by atoms with Gasteiger partial charge in [-0.05, 0) is 31.6 Å². The monoisotopic (exact) mass is 274 g/mol. The zero-order valence-electron chi connectivity index (χ0n) is 10.8. The third kappa shape index (κ3) is 5.44. The van der Waals surface area contributed by atoms with Crippen LogP contribution in [0.25, 0.3) is 0 Å². The molecule has 7 heteroatoms. The summed E-state index contributed by atoms with van der Waals surface area (Å²) in [5.74, 6) is -0.851. The number of aliphatic carboxylic acids is 1. The normalized spacial score (nSPS) is 24.5. The fourth-order valence-electron chi connectivity index (χ4n) is 2.26. The van der Waals surface area contributed by atoms with Crippen molar-refractivity contribution >= 4 is 12.0 Å². The highest BCUT2D eigenvalue weighted by Gasteiger charge is 2.24. The quantitative estimate of drug-likeness (QED) is 0.454. The van der Waals surface area contributed by atoms with Gasteiger partial charge in [0.05, 0.1) is 0 Å². The number of amides is 2. The summed E-state index contributed by atoms with van der Waals surface area (Å²) in [6, 6.07) is -1.57. The molecule has 1 atom stereocenters. The third-order valence-electron chi connectivity index (χ3n) is 3.46. The van der Waals surface area contributed by atoms with Gasteiger partial charge in [0.25, 0.3) is 0 Å². The number of carboxylic acid groups (broad SMARTS) is 1. The number of rotatable bonds is 6. The van der Waals surface area contributed by atoms with E-state index in [1.54, 1.807) is 0 Å². The number of urea groups is 1. The standard InChI is InChI=1S/C12H22N2O5/c15-6-5-10(11(17)18)14-12(19)13-9-3-1-8(7-16)2-4-9/h8-10,15-16H,1-7H2,(H,17,18)(H2,13,14,19)/t8?,9?,10-/m1/s1. The molecule has 0 unspecified atom stereocenters. The van der Waals surface area contributed by atoms with E-state index < -0.39 is 18.0 Å². The van der Waals surface area contributed by atoms with E-state index in [9.17, 15) is 9.59 Å². The number of nitrogens with one attached hydrogen (secondary N) is 2. The second-order valence-electron chi connectivity index (χ2n) is 4.92. The minimum atomic E-state index is -1.16. The summed E-state index contributed by atoms with van der Waals surface area (Å²) < 4.78 is 0. The van der Waals surface area contributed by atoms with Crippen molar-refractivity contribution in [3.05, 3.63) is 0 Å². The number of hydrogen-bond donors (Lipinski definition) is 5. The fraction of sp³-hybridized carbons (Fsp3) is 0.833. The van der Waals surface area contributed by atoms with Crippen molar-refractivity contribution < 1.29 is 24.9 Å². The van der Waals surface area contributed by atoms with Crippen LogP contribution < -0.4 is 10.6 Å². The molecule has 0 aromatic heterocycles. The molecule has 0 spiro atoms. The highest BCUT2D eigenvalue weighted by molar-refractivity contribution is 5.82. The van der Waals surface area contributed by atoms with E-state index in [4.69, 9.17) is 15.3 Å². The van der Waals surface area contributed by atoms with Gasteiger partial charge in [0.15, 0.2) is 0 Å². The molecule has 110 valence electrons. The minimum absolute atomic E-state index is 0.0139. The minimum Gasteiger partial charge on any atom is -0.480 e. The largest absolute Gasteiger partial charge is 0.480 e. The van der Waals surface area contributed by atoms with Crippen LogP contribution in [0.4, 0.5) is 4.79 Å². The second-order valence-corrected chi connectivity index (χ2v) is 4.92. The van der Waals surface area contributed by atoms with Crippen LogP contribution in [0.3, 0.4) is 0 Å². The molecule has 0 saturated heterocycles. The molecule has 1 rings (SSSR count). The molecule has 0 bridgehead atoms. The van der Waals surface area contributed by atoms with E-state index in [1.807, 2.05) is 0 Å². The number of carboxylic acids is 1. The lowest BCUT2D eigenvalue weighted by atomic mass is 9.87. The SMILES string of the molecule is O=C(NC1CCC(CO)CC1)N[C@H](CCO)C(=O)O. The number of carbonyl (C=O) groups is 2. The first-order valence-electron chi connectivity index (χ1n) is 6.58. The number of aliphatic hydroxyl groups excluding tert-OH is 2. The van der Waals surface area contributed by atoms with E-state index in [2.05, 4.69) is 10.6 Å².